The van der Waals surface area contributed by atoms with Gasteiger partial charge in [-0.2, -0.15) is 4.39 Å². The first-order valence-corrected chi connectivity index (χ1v) is 7.31. The van der Waals surface area contributed by atoms with Crippen LogP contribution < -0.4 is 10.2 Å². The molecule has 7 nitrogen and oxygen atoms in total. The molecule has 0 aliphatic carbocycles. The van der Waals surface area contributed by atoms with E-state index in [1.54, 1.807) is 0 Å². The Hall–Kier alpha value is -2.51. The first-order valence-electron chi connectivity index (χ1n) is 7.31. The Morgan fingerprint density at radius 3 is 2.83 bits per heavy atom. The topological polar surface area (TPSA) is 92.6 Å². The van der Waals surface area contributed by atoms with E-state index in [1.807, 2.05) is 13.8 Å². The van der Waals surface area contributed by atoms with E-state index in [-0.39, 0.29) is 30.5 Å². The first kappa shape index (κ1) is 16.9. The largest absolute Gasteiger partial charge is 0.356 e. The summed E-state index contributed by atoms with van der Waals surface area (Å²) in [5.41, 5.74) is -0.467. The van der Waals surface area contributed by atoms with Crippen molar-refractivity contribution in [2.75, 3.05) is 18.0 Å². The van der Waals surface area contributed by atoms with Crippen LogP contribution in [0.5, 0.6) is 0 Å². The van der Waals surface area contributed by atoms with Crippen molar-refractivity contribution in [3.8, 4) is 0 Å². The fraction of sp³-hybridized carbons (Fsp3) is 0.467. The lowest BCUT2D eigenvalue weighted by atomic mass is 10.1. The summed E-state index contributed by atoms with van der Waals surface area (Å²) >= 11 is 0. The zero-order valence-corrected chi connectivity index (χ0v) is 12.9. The maximum absolute atomic E-state index is 13.4. The highest BCUT2D eigenvalue weighted by Crippen LogP contribution is 2.29. The number of halogens is 1. The molecule has 124 valence electrons. The lowest BCUT2D eigenvalue weighted by molar-refractivity contribution is -0.387. The smallest absolute Gasteiger partial charge is 0.306 e. The predicted molar refractivity (Wildman–Crippen MR) is 81.4 cm³/mol. The minimum Gasteiger partial charge on any atom is -0.356 e. The lowest BCUT2D eigenvalue weighted by Crippen LogP contribution is -2.35. The van der Waals surface area contributed by atoms with E-state index in [0.717, 1.165) is 12.1 Å². The minimum atomic E-state index is -0.961. The molecule has 23 heavy (non-hydrogen) atoms. The van der Waals surface area contributed by atoms with Crippen molar-refractivity contribution in [2.45, 2.75) is 20.3 Å². The molecule has 2 amide bonds. The van der Waals surface area contributed by atoms with Crippen molar-refractivity contribution in [2.24, 2.45) is 11.8 Å². The molecule has 0 unspecified atom stereocenters. The lowest BCUT2D eigenvalue weighted by Gasteiger charge is -2.17. The second-order valence-electron chi connectivity index (χ2n) is 5.94. The van der Waals surface area contributed by atoms with Gasteiger partial charge in [0.1, 0.15) is 0 Å². The van der Waals surface area contributed by atoms with Gasteiger partial charge >= 0.3 is 5.69 Å². The van der Waals surface area contributed by atoms with Gasteiger partial charge in [0.2, 0.25) is 17.6 Å². The van der Waals surface area contributed by atoms with E-state index in [9.17, 15) is 24.1 Å². The fourth-order valence-corrected chi connectivity index (χ4v) is 2.39. The third-order valence-electron chi connectivity index (χ3n) is 3.62. The zero-order chi connectivity index (χ0) is 17.1. The summed E-state index contributed by atoms with van der Waals surface area (Å²) in [6.07, 6.45) is 0.0368. The molecule has 0 saturated carbocycles. The van der Waals surface area contributed by atoms with Crippen LogP contribution in [0.15, 0.2) is 18.2 Å². The van der Waals surface area contributed by atoms with Gasteiger partial charge in [0.15, 0.2) is 0 Å². The van der Waals surface area contributed by atoms with Gasteiger partial charge in [-0.05, 0) is 18.1 Å². The minimum absolute atomic E-state index is 0.0368. The molecule has 1 aromatic rings. The number of benzene rings is 1. The van der Waals surface area contributed by atoms with Crippen molar-refractivity contribution in [1.29, 1.82) is 0 Å². The summed E-state index contributed by atoms with van der Waals surface area (Å²) in [6.45, 7) is 4.57. The highest BCUT2D eigenvalue weighted by Gasteiger charge is 2.35. The molecule has 1 N–H and O–H groups in total. The molecule has 8 heteroatoms. The van der Waals surface area contributed by atoms with Crippen LogP contribution in [-0.4, -0.2) is 29.8 Å². The molecule has 1 fully saturated rings. The molecule has 1 saturated heterocycles. The zero-order valence-electron chi connectivity index (χ0n) is 12.9. The summed E-state index contributed by atoms with van der Waals surface area (Å²) in [4.78, 5) is 35.4. The van der Waals surface area contributed by atoms with Crippen LogP contribution in [0.3, 0.4) is 0 Å². The maximum atomic E-state index is 13.4. The van der Waals surface area contributed by atoms with E-state index < -0.39 is 22.3 Å². The molecular formula is C15H18FN3O4. The van der Waals surface area contributed by atoms with Crippen LogP contribution in [0.4, 0.5) is 15.8 Å². The quantitative estimate of drug-likeness (QED) is 0.661. The Kier molecular flexibility index (Phi) is 4.92. The molecule has 0 radical (unpaired) electrons. The van der Waals surface area contributed by atoms with Gasteiger partial charge in [-0.15, -0.1) is 0 Å². The summed E-state index contributed by atoms with van der Waals surface area (Å²) in [5, 5.41) is 13.6. The number of nitro groups is 1. The van der Waals surface area contributed by atoms with Gasteiger partial charge in [-0.25, -0.2) is 0 Å². The molecule has 1 aliphatic heterocycles. The molecular weight excluding hydrogens is 305 g/mol. The van der Waals surface area contributed by atoms with E-state index in [2.05, 4.69) is 5.32 Å². The van der Waals surface area contributed by atoms with Gasteiger partial charge in [0.05, 0.1) is 16.5 Å². The Labute approximate surface area is 132 Å². The van der Waals surface area contributed by atoms with Crippen LogP contribution in [0.2, 0.25) is 0 Å². The number of nitrogens with one attached hydrogen (secondary N) is 1. The van der Waals surface area contributed by atoms with Gasteiger partial charge in [0.25, 0.3) is 0 Å². The second-order valence-corrected chi connectivity index (χ2v) is 5.94. The third-order valence-corrected chi connectivity index (χ3v) is 3.62. The Morgan fingerprint density at radius 1 is 1.52 bits per heavy atom. The molecule has 0 bridgehead atoms. The van der Waals surface area contributed by atoms with Gasteiger partial charge in [0, 0.05) is 25.6 Å². The third kappa shape index (κ3) is 3.82. The van der Waals surface area contributed by atoms with Crippen molar-refractivity contribution in [3.63, 3.8) is 0 Å². The molecule has 1 aliphatic rings. The number of amides is 2. The van der Waals surface area contributed by atoms with Crippen molar-refractivity contribution >= 4 is 23.2 Å². The number of carbonyl (C=O) groups excluding carboxylic acids is 2. The average Bonchev–Trinajstić information content (AvgIpc) is 2.87. The fourth-order valence-electron chi connectivity index (χ4n) is 2.39. The van der Waals surface area contributed by atoms with Gasteiger partial charge in [-0.3, -0.25) is 19.7 Å². The van der Waals surface area contributed by atoms with Crippen LogP contribution in [-0.2, 0) is 9.59 Å². The molecule has 0 spiro atoms. The number of carbonyl (C=O) groups is 2. The summed E-state index contributed by atoms with van der Waals surface area (Å²) < 4.78 is 13.4. The first-order chi connectivity index (χ1) is 10.8. The van der Waals surface area contributed by atoms with Gasteiger partial charge in [-0.1, -0.05) is 13.8 Å². The summed E-state index contributed by atoms with van der Waals surface area (Å²) in [5.74, 6) is -1.70. The molecule has 1 atom stereocenters. The van der Waals surface area contributed by atoms with Crippen LogP contribution >= 0.6 is 0 Å². The number of hydrogen-bond acceptors (Lipinski definition) is 4. The average molecular weight is 323 g/mol. The van der Waals surface area contributed by atoms with Crippen molar-refractivity contribution < 1.29 is 18.9 Å². The van der Waals surface area contributed by atoms with Gasteiger partial charge < -0.3 is 10.2 Å². The Balaban J connectivity index is 2.13. The Bertz CT molecular complexity index is 648. The number of hydrogen-bond donors (Lipinski definition) is 1. The molecule has 0 aromatic heterocycles. The van der Waals surface area contributed by atoms with E-state index >= 15 is 0 Å². The second kappa shape index (κ2) is 6.72. The molecule has 2 rings (SSSR count). The van der Waals surface area contributed by atoms with Crippen molar-refractivity contribution in [3.05, 3.63) is 34.1 Å². The number of rotatable bonds is 5. The Morgan fingerprint density at radius 2 is 2.22 bits per heavy atom. The van der Waals surface area contributed by atoms with Crippen LogP contribution in [0.25, 0.3) is 0 Å². The van der Waals surface area contributed by atoms with Crippen molar-refractivity contribution in [1.82, 2.24) is 5.32 Å². The standard InChI is InChI=1S/C15H18FN3O4/c1-9(2)7-17-15(21)10-5-14(20)18(8-10)11-3-4-12(16)13(6-11)19(22)23/h3-4,6,9-10H,5,7-8H2,1-2H3,(H,17,21)/t10-/m1/s1. The highest BCUT2D eigenvalue weighted by atomic mass is 19.1. The number of nitrogens with zero attached hydrogens (tertiary/aromatic N) is 2. The van der Waals surface area contributed by atoms with E-state index in [0.29, 0.717) is 12.5 Å². The summed E-state index contributed by atoms with van der Waals surface area (Å²) in [6, 6.07) is 3.27. The number of nitro benzene ring substituents is 1. The SMILES string of the molecule is CC(C)CNC(=O)[C@@H]1CC(=O)N(c2ccc(F)c([N+](=O)[O-])c2)C1. The normalized spacial score (nSPS) is 17.7. The maximum Gasteiger partial charge on any atom is 0.306 e. The molecule has 1 aromatic carbocycles. The summed E-state index contributed by atoms with van der Waals surface area (Å²) in [7, 11) is 0. The highest BCUT2D eigenvalue weighted by molar-refractivity contribution is 6.00. The number of anilines is 1. The van der Waals surface area contributed by atoms with Crippen LogP contribution in [0, 0.1) is 27.8 Å². The predicted octanol–water partition coefficient (Wildman–Crippen LogP) is 1.86. The monoisotopic (exact) mass is 323 g/mol. The van der Waals surface area contributed by atoms with E-state index in [1.165, 1.54) is 11.0 Å². The van der Waals surface area contributed by atoms with Crippen LogP contribution in [0.1, 0.15) is 20.3 Å². The molecule has 1 heterocycles. The van der Waals surface area contributed by atoms with E-state index in [4.69, 9.17) is 0 Å².